The summed E-state index contributed by atoms with van der Waals surface area (Å²) in [5.41, 5.74) is 2.62. The van der Waals surface area contributed by atoms with E-state index >= 15 is 0 Å². The topological polar surface area (TPSA) is 56.1 Å². The van der Waals surface area contributed by atoms with Crippen molar-refractivity contribution in [3.63, 3.8) is 0 Å². The van der Waals surface area contributed by atoms with Crippen LogP contribution in [0.3, 0.4) is 0 Å². The summed E-state index contributed by atoms with van der Waals surface area (Å²) in [5.74, 6) is 0.826. The van der Waals surface area contributed by atoms with E-state index in [1.54, 1.807) is 25.3 Å². The number of anilines is 1. The van der Waals surface area contributed by atoms with Gasteiger partial charge in [-0.25, -0.2) is 0 Å². The van der Waals surface area contributed by atoms with Crippen molar-refractivity contribution in [3.8, 4) is 5.75 Å². The van der Waals surface area contributed by atoms with Crippen molar-refractivity contribution in [2.45, 2.75) is 13.5 Å². The van der Waals surface area contributed by atoms with Gasteiger partial charge in [0.1, 0.15) is 5.75 Å². The molecule has 0 fully saturated rings. The van der Waals surface area contributed by atoms with Gasteiger partial charge in [-0.05, 0) is 24.6 Å². The fourth-order valence-corrected chi connectivity index (χ4v) is 2.50. The van der Waals surface area contributed by atoms with Gasteiger partial charge in [0.2, 0.25) is 0 Å². The van der Waals surface area contributed by atoms with Crippen LogP contribution in [0.2, 0.25) is 0 Å². The van der Waals surface area contributed by atoms with Crippen molar-refractivity contribution in [1.82, 2.24) is 9.78 Å². The average Bonchev–Trinajstić information content (AvgIpc) is 2.94. The molecule has 3 aromatic rings. The Morgan fingerprint density at radius 2 is 1.83 bits per heavy atom. The molecule has 0 aliphatic carbocycles. The lowest BCUT2D eigenvalue weighted by atomic mass is 10.2. The van der Waals surface area contributed by atoms with E-state index in [0.717, 1.165) is 11.3 Å². The number of benzene rings is 2. The van der Waals surface area contributed by atoms with E-state index in [0.29, 0.717) is 23.7 Å². The van der Waals surface area contributed by atoms with Crippen LogP contribution in [-0.2, 0) is 6.54 Å². The van der Waals surface area contributed by atoms with Crippen molar-refractivity contribution >= 4 is 11.7 Å². The standard InChI is InChI=1S/C19H19N3O2/c1-14-12-18(21-22(14)13-15-8-4-3-5-9-15)20-19(23)16-10-6-7-11-17(16)24-2/h3-12H,13H2,1-2H3,(H,20,21,23). The monoisotopic (exact) mass is 321 g/mol. The highest BCUT2D eigenvalue weighted by Gasteiger charge is 2.14. The van der Waals surface area contributed by atoms with Gasteiger partial charge in [-0.2, -0.15) is 5.10 Å². The van der Waals surface area contributed by atoms with Gasteiger partial charge in [-0.3, -0.25) is 9.48 Å². The van der Waals surface area contributed by atoms with Gasteiger partial charge in [0.05, 0.1) is 19.2 Å². The number of carbonyl (C=O) groups is 1. The van der Waals surface area contributed by atoms with Crippen LogP contribution in [0.15, 0.2) is 60.7 Å². The Hall–Kier alpha value is -3.08. The van der Waals surface area contributed by atoms with E-state index in [1.165, 1.54) is 0 Å². The fraction of sp³-hybridized carbons (Fsp3) is 0.158. The number of aryl methyl sites for hydroxylation is 1. The summed E-state index contributed by atoms with van der Waals surface area (Å²) in [6.45, 7) is 2.63. The van der Waals surface area contributed by atoms with Crippen LogP contribution < -0.4 is 10.1 Å². The van der Waals surface area contributed by atoms with Gasteiger partial charge in [0, 0.05) is 11.8 Å². The summed E-state index contributed by atoms with van der Waals surface area (Å²) in [6, 6.07) is 19.1. The van der Waals surface area contributed by atoms with Crippen LogP contribution in [0.25, 0.3) is 0 Å². The van der Waals surface area contributed by atoms with E-state index in [1.807, 2.05) is 54.1 Å². The first-order chi connectivity index (χ1) is 11.7. The molecule has 2 aromatic carbocycles. The number of amides is 1. The first kappa shape index (κ1) is 15.8. The summed E-state index contributed by atoms with van der Waals surface area (Å²) in [5, 5.41) is 7.30. The lowest BCUT2D eigenvalue weighted by Gasteiger charge is -2.07. The predicted octanol–water partition coefficient (Wildman–Crippen LogP) is 3.50. The third-order valence-electron chi connectivity index (χ3n) is 3.75. The molecule has 0 bridgehead atoms. The van der Waals surface area contributed by atoms with Gasteiger partial charge < -0.3 is 10.1 Å². The zero-order valence-corrected chi connectivity index (χ0v) is 13.7. The van der Waals surface area contributed by atoms with Crippen LogP contribution in [-0.4, -0.2) is 22.8 Å². The average molecular weight is 321 g/mol. The molecule has 1 heterocycles. The Kier molecular flexibility index (Phi) is 4.61. The predicted molar refractivity (Wildman–Crippen MR) is 93.5 cm³/mol. The van der Waals surface area contributed by atoms with Crippen LogP contribution in [0.1, 0.15) is 21.6 Å². The Labute approximate surface area is 140 Å². The first-order valence-electron chi connectivity index (χ1n) is 7.70. The third-order valence-corrected chi connectivity index (χ3v) is 3.75. The number of hydrogen-bond donors (Lipinski definition) is 1. The normalized spacial score (nSPS) is 10.4. The number of nitrogens with one attached hydrogen (secondary N) is 1. The number of aromatic nitrogens is 2. The number of carbonyl (C=O) groups excluding carboxylic acids is 1. The molecular weight excluding hydrogens is 302 g/mol. The lowest BCUT2D eigenvalue weighted by Crippen LogP contribution is -2.14. The third kappa shape index (κ3) is 3.46. The van der Waals surface area contributed by atoms with Crippen molar-refractivity contribution in [1.29, 1.82) is 0 Å². The largest absolute Gasteiger partial charge is 0.496 e. The molecule has 5 nitrogen and oxygen atoms in total. The Bertz CT molecular complexity index is 841. The molecular formula is C19H19N3O2. The maximum Gasteiger partial charge on any atom is 0.260 e. The number of hydrogen-bond acceptors (Lipinski definition) is 3. The molecule has 0 aliphatic rings. The molecule has 1 aromatic heterocycles. The van der Waals surface area contributed by atoms with Gasteiger partial charge >= 0.3 is 0 Å². The Morgan fingerprint density at radius 1 is 1.12 bits per heavy atom. The minimum absolute atomic E-state index is 0.239. The van der Waals surface area contributed by atoms with Crippen LogP contribution in [0.4, 0.5) is 5.82 Å². The second kappa shape index (κ2) is 7.00. The van der Waals surface area contributed by atoms with Crippen LogP contribution in [0.5, 0.6) is 5.75 Å². The zero-order chi connectivity index (χ0) is 16.9. The molecule has 0 atom stereocenters. The summed E-state index contributed by atoms with van der Waals surface area (Å²) < 4.78 is 7.09. The summed E-state index contributed by atoms with van der Waals surface area (Å²) in [4.78, 5) is 12.4. The fourth-order valence-electron chi connectivity index (χ4n) is 2.50. The summed E-state index contributed by atoms with van der Waals surface area (Å²) in [7, 11) is 1.55. The summed E-state index contributed by atoms with van der Waals surface area (Å²) in [6.07, 6.45) is 0. The second-order valence-electron chi connectivity index (χ2n) is 5.47. The molecule has 0 spiro atoms. The Morgan fingerprint density at radius 3 is 2.58 bits per heavy atom. The van der Waals surface area contributed by atoms with E-state index in [4.69, 9.17) is 4.74 Å². The van der Waals surface area contributed by atoms with Crippen molar-refractivity contribution in [2.75, 3.05) is 12.4 Å². The molecule has 3 rings (SSSR count). The van der Waals surface area contributed by atoms with Gasteiger partial charge in [-0.15, -0.1) is 0 Å². The zero-order valence-electron chi connectivity index (χ0n) is 13.7. The van der Waals surface area contributed by atoms with E-state index in [9.17, 15) is 4.79 Å². The lowest BCUT2D eigenvalue weighted by molar-refractivity contribution is 0.102. The van der Waals surface area contributed by atoms with Crippen molar-refractivity contribution in [2.24, 2.45) is 0 Å². The van der Waals surface area contributed by atoms with Crippen molar-refractivity contribution in [3.05, 3.63) is 77.5 Å². The highest BCUT2D eigenvalue weighted by molar-refractivity contribution is 6.05. The number of ether oxygens (including phenoxy) is 1. The highest BCUT2D eigenvalue weighted by atomic mass is 16.5. The molecule has 5 heteroatoms. The highest BCUT2D eigenvalue weighted by Crippen LogP contribution is 2.19. The quantitative estimate of drug-likeness (QED) is 0.782. The maximum absolute atomic E-state index is 12.4. The molecule has 1 N–H and O–H groups in total. The van der Waals surface area contributed by atoms with Gasteiger partial charge in [0.25, 0.3) is 5.91 Å². The number of nitrogens with zero attached hydrogens (tertiary/aromatic N) is 2. The molecule has 122 valence electrons. The molecule has 0 radical (unpaired) electrons. The summed E-state index contributed by atoms with van der Waals surface area (Å²) >= 11 is 0. The minimum atomic E-state index is -0.239. The SMILES string of the molecule is COc1ccccc1C(=O)Nc1cc(C)n(Cc2ccccc2)n1. The number of rotatable bonds is 5. The second-order valence-corrected chi connectivity index (χ2v) is 5.47. The smallest absolute Gasteiger partial charge is 0.260 e. The van der Waals surface area contributed by atoms with Gasteiger partial charge in [0.15, 0.2) is 5.82 Å². The van der Waals surface area contributed by atoms with Crippen molar-refractivity contribution < 1.29 is 9.53 Å². The maximum atomic E-state index is 12.4. The molecule has 0 saturated heterocycles. The molecule has 0 unspecified atom stereocenters. The first-order valence-corrected chi connectivity index (χ1v) is 7.70. The molecule has 1 amide bonds. The van der Waals surface area contributed by atoms with E-state index < -0.39 is 0 Å². The van der Waals surface area contributed by atoms with E-state index in [2.05, 4.69) is 10.4 Å². The van der Waals surface area contributed by atoms with E-state index in [-0.39, 0.29) is 5.91 Å². The molecule has 24 heavy (non-hydrogen) atoms. The number of methoxy groups -OCH3 is 1. The van der Waals surface area contributed by atoms with Crippen LogP contribution in [0, 0.1) is 6.92 Å². The van der Waals surface area contributed by atoms with Gasteiger partial charge in [-0.1, -0.05) is 42.5 Å². The number of para-hydroxylation sites is 1. The molecule has 0 saturated carbocycles. The minimum Gasteiger partial charge on any atom is -0.496 e. The molecule has 0 aliphatic heterocycles. The Balaban J connectivity index is 1.76. The van der Waals surface area contributed by atoms with Crippen LogP contribution >= 0.6 is 0 Å².